The second kappa shape index (κ2) is 6.60. The maximum absolute atomic E-state index is 5.23. The van der Waals surface area contributed by atoms with Crippen LogP contribution in [0.2, 0.25) is 0 Å². The first kappa shape index (κ1) is 16.7. The minimum Gasteiger partial charge on any atom is -0.481 e. The number of hydrogen-bond acceptors (Lipinski definition) is 7. The predicted molar refractivity (Wildman–Crippen MR) is 115 cm³/mol. The average molecular weight is 411 g/mol. The van der Waals surface area contributed by atoms with E-state index in [9.17, 15) is 0 Å². The van der Waals surface area contributed by atoms with Crippen LogP contribution in [-0.2, 0) is 0 Å². The van der Waals surface area contributed by atoms with E-state index in [4.69, 9.17) is 9.47 Å². The lowest BCUT2D eigenvalue weighted by atomic mass is 10.2. The average Bonchev–Trinajstić information content (AvgIpc) is 3.43. The van der Waals surface area contributed by atoms with Crippen molar-refractivity contribution in [3.63, 3.8) is 0 Å². The van der Waals surface area contributed by atoms with Crippen molar-refractivity contribution in [1.29, 1.82) is 0 Å². The van der Waals surface area contributed by atoms with E-state index >= 15 is 0 Å². The maximum atomic E-state index is 5.23. The van der Waals surface area contributed by atoms with Gasteiger partial charge in [0.25, 0.3) is 0 Å². The Morgan fingerprint density at radius 2 is 1.11 bits per heavy atom. The largest absolute Gasteiger partial charge is 0.481 e. The molecule has 27 heavy (non-hydrogen) atoms. The molecule has 5 aromatic heterocycles. The van der Waals surface area contributed by atoms with Gasteiger partial charge in [-0.15, -0.1) is 34.0 Å². The highest BCUT2D eigenvalue weighted by Gasteiger charge is 2.12. The van der Waals surface area contributed by atoms with Gasteiger partial charge in [0, 0.05) is 54.8 Å². The van der Waals surface area contributed by atoms with Gasteiger partial charge in [0.1, 0.15) is 0 Å². The molecule has 134 valence electrons. The van der Waals surface area contributed by atoms with Gasteiger partial charge in [0.2, 0.25) is 11.8 Å². The van der Waals surface area contributed by atoms with Gasteiger partial charge in [-0.2, -0.15) is 0 Å². The number of aromatic nitrogens is 2. The lowest BCUT2D eigenvalue weighted by molar-refractivity contribution is 0.398. The molecule has 0 atom stereocenters. The van der Waals surface area contributed by atoms with Gasteiger partial charge in [-0.1, -0.05) is 0 Å². The Balaban J connectivity index is 1.52. The van der Waals surface area contributed by atoms with E-state index in [1.165, 1.54) is 28.9 Å². The van der Waals surface area contributed by atoms with Gasteiger partial charge in [-0.25, -0.2) is 9.97 Å². The molecule has 0 unspecified atom stereocenters. The van der Waals surface area contributed by atoms with Crippen LogP contribution in [-0.4, -0.2) is 24.2 Å². The number of ether oxygens (including phenoxy) is 2. The summed E-state index contributed by atoms with van der Waals surface area (Å²) in [5.41, 5.74) is 0. The van der Waals surface area contributed by atoms with Crippen LogP contribution in [0.5, 0.6) is 11.8 Å². The first-order chi connectivity index (χ1) is 13.2. The zero-order chi connectivity index (χ0) is 18.4. The summed E-state index contributed by atoms with van der Waals surface area (Å²) < 4.78 is 12.8. The molecule has 0 aliphatic rings. The Bertz CT molecular complexity index is 1170. The van der Waals surface area contributed by atoms with Crippen LogP contribution in [0.15, 0.2) is 48.8 Å². The summed E-state index contributed by atoms with van der Waals surface area (Å²) in [5.74, 6) is 1.29. The fraction of sp³-hybridized carbons (Fsp3) is 0.100. The van der Waals surface area contributed by atoms with E-state index in [2.05, 4.69) is 34.2 Å². The molecule has 5 heterocycles. The van der Waals surface area contributed by atoms with E-state index in [1.54, 1.807) is 48.2 Å². The first-order valence-corrected chi connectivity index (χ1v) is 10.7. The molecule has 0 bridgehead atoms. The Kier molecular flexibility index (Phi) is 4.07. The first-order valence-electron chi connectivity index (χ1n) is 8.21. The van der Waals surface area contributed by atoms with Gasteiger partial charge < -0.3 is 9.47 Å². The van der Waals surface area contributed by atoms with Crippen LogP contribution >= 0.6 is 34.0 Å². The van der Waals surface area contributed by atoms with Crippen LogP contribution in [0.1, 0.15) is 0 Å². The van der Waals surface area contributed by atoms with Crippen LogP contribution in [0.4, 0.5) is 0 Å². The van der Waals surface area contributed by atoms with Crippen molar-refractivity contribution >= 4 is 54.2 Å². The quantitative estimate of drug-likeness (QED) is 0.348. The van der Waals surface area contributed by atoms with Gasteiger partial charge in [-0.05, 0) is 24.3 Å². The van der Waals surface area contributed by atoms with Crippen molar-refractivity contribution in [3.8, 4) is 31.3 Å². The molecular weight excluding hydrogens is 396 g/mol. The lowest BCUT2D eigenvalue weighted by Crippen LogP contribution is -1.84. The number of thiophene rings is 3. The number of pyridine rings is 2. The van der Waals surface area contributed by atoms with Crippen molar-refractivity contribution in [3.05, 3.63) is 48.8 Å². The molecule has 0 saturated carbocycles. The second-order valence-corrected chi connectivity index (χ2v) is 9.17. The lowest BCUT2D eigenvalue weighted by Gasteiger charge is -1.95. The molecule has 5 rings (SSSR count). The molecule has 0 aliphatic carbocycles. The minimum absolute atomic E-state index is 0.646. The normalized spacial score (nSPS) is 11.3. The molecule has 0 aliphatic heterocycles. The third-order valence-electron chi connectivity index (χ3n) is 4.27. The Morgan fingerprint density at radius 3 is 1.56 bits per heavy atom. The number of hydrogen-bond donors (Lipinski definition) is 0. The highest BCUT2D eigenvalue weighted by atomic mass is 32.1. The molecule has 0 saturated heterocycles. The third kappa shape index (κ3) is 2.97. The molecule has 0 N–H and O–H groups in total. The van der Waals surface area contributed by atoms with Crippen molar-refractivity contribution < 1.29 is 9.47 Å². The zero-order valence-electron chi connectivity index (χ0n) is 14.6. The Labute approximate surface area is 167 Å². The second-order valence-electron chi connectivity index (χ2n) is 5.91. The van der Waals surface area contributed by atoms with E-state index < -0.39 is 0 Å². The fourth-order valence-electron chi connectivity index (χ4n) is 2.92. The van der Waals surface area contributed by atoms with Crippen LogP contribution in [0.25, 0.3) is 39.7 Å². The maximum Gasteiger partial charge on any atom is 0.213 e. The summed E-state index contributed by atoms with van der Waals surface area (Å²) in [5, 5.41) is 2.33. The number of rotatable bonds is 4. The predicted octanol–water partition coefficient (Wildman–Crippen LogP) is 6.32. The highest BCUT2D eigenvalue weighted by Crippen LogP contribution is 2.43. The molecule has 0 fully saturated rings. The van der Waals surface area contributed by atoms with Gasteiger partial charge in [0.15, 0.2) is 0 Å². The van der Waals surface area contributed by atoms with Gasteiger partial charge in [-0.3, -0.25) is 0 Å². The molecule has 0 amide bonds. The zero-order valence-corrected chi connectivity index (χ0v) is 17.0. The molecular formula is C20H14N2O2S3. The SMILES string of the molecule is COc1cc2cc(-c3ccc(-c4cc5cc(OC)ncc5s4)s3)sc2cn1. The summed E-state index contributed by atoms with van der Waals surface area (Å²) >= 11 is 5.32. The summed E-state index contributed by atoms with van der Waals surface area (Å²) in [6.07, 6.45) is 3.76. The summed E-state index contributed by atoms with van der Waals surface area (Å²) in [4.78, 5) is 13.6. The highest BCUT2D eigenvalue weighted by molar-refractivity contribution is 7.29. The Hall–Kier alpha value is -2.48. The third-order valence-corrected chi connectivity index (χ3v) is 7.92. The van der Waals surface area contributed by atoms with Crippen LogP contribution < -0.4 is 9.47 Å². The van der Waals surface area contributed by atoms with E-state index in [0.29, 0.717) is 11.8 Å². The summed E-state index contributed by atoms with van der Waals surface area (Å²) in [7, 11) is 3.28. The van der Waals surface area contributed by atoms with Crippen molar-refractivity contribution in [2.24, 2.45) is 0 Å². The summed E-state index contributed by atoms with van der Waals surface area (Å²) in [6, 6.07) is 12.8. The molecule has 0 radical (unpaired) electrons. The van der Waals surface area contributed by atoms with Crippen LogP contribution in [0, 0.1) is 0 Å². The molecule has 7 heteroatoms. The Morgan fingerprint density at radius 1 is 0.630 bits per heavy atom. The van der Waals surface area contributed by atoms with Crippen molar-refractivity contribution in [2.45, 2.75) is 0 Å². The van der Waals surface area contributed by atoms with Crippen LogP contribution in [0.3, 0.4) is 0 Å². The minimum atomic E-state index is 0.646. The van der Waals surface area contributed by atoms with Crippen molar-refractivity contribution in [1.82, 2.24) is 9.97 Å². The smallest absolute Gasteiger partial charge is 0.213 e. The number of fused-ring (bicyclic) bond motifs is 2. The summed E-state index contributed by atoms with van der Waals surface area (Å²) in [6.45, 7) is 0. The molecule has 0 spiro atoms. The molecule has 0 aromatic carbocycles. The standard InChI is InChI=1S/C20H14N2O2S3/c1-23-19-7-11-5-15(26-17(11)9-21-19)13-3-4-14(25-13)16-6-12-8-20(24-2)22-10-18(12)27-16/h3-10H,1-2H3. The fourth-order valence-corrected chi connectivity index (χ4v) is 6.11. The molecule has 5 aromatic rings. The topological polar surface area (TPSA) is 44.2 Å². The monoisotopic (exact) mass is 410 g/mol. The molecule has 4 nitrogen and oxygen atoms in total. The van der Waals surface area contributed by atoms with Gasteiger partial charge >= 0.3 is 0 Å². The van der Waals surface area contributed by atoms with E-state index in [0.717, 1.165) is 10.8 Å². The number of methoxy groups -OCH3 is 2. The number of nitrogens with zero attached hydrogens (tertiary/aromatic N) is 2. The van der Waals surface area contributed by atoms with E-state index in [1.807, 2.05) is 24.5 Å². The van der Waals surface area contributed by atoms with Crippen molar-refractivity contribution in [2.75, 3.05) is 14.2 Å². The van der Waals surface area contributed by atoms with Gasteiger partial charge in [0.05, 0.1) is 23.6 Å². The van der Waals surface area contributed by atoms with E-state index in [-0.39, 0.29) is 0 Å².